The lowest BCUT2D eigenvalue weighted by Gasteiger charge is -2.31. The summed E-state index contributed by atoms with van der Waals surface area (Å²) in [5, 5.41) is 9.14. The summed E-state index contributed by atoms with van der Waals surface area (Å²) in [5.41, 5.74) is 0. The van der Waals surface area contributed by atoms with Gasteiger partial charge in [0.25, 0.3) is 0 Å². The first kappa shape index (κ1) is 11.2. The number of hydrogen-bond acceptors (Lipinski definition) is 2. The monoisotopic (exact) mass is 294 g/mol. The largest absolute Gasteiger partial charge is 0.489 e. The Morgan fingerprint density at radius 2 is 2.13 bits per heavy atom. The van der Waals surface area contributed by atoms with E-state index in [1.807, 2.05) is 0 Å². The Bertz CT molecular complexity index is 380. The fourth-order valence-electron chi connectivity index (χ4n) is 1.41. The standard InChI is InChI=1S/C10H9BrClFO2/c11-7-3-8(12)9(13)4-10(7)15-6-1-5(14)2-6/h3-6,14H,1-2H2. The molecule has 1 fully saturated rings. The van der Waals surface area contributed by atoms with Gasteiger partial charge in [0.1, 0.15) is 17.7 Å². The molecule has 0 saturated heterocycles. The van der Waals surface area contributed by atoms with Crippen molar-refractivity contribution >= 4 is 27.5 Å². The molecule has 0 aromatic heterocycles. The second kappa shape index (κ2) is 4.28. The van der Waals surface area contributed by atoms with Gasteiger partial charge in [-0.2, -0.15) is 0 Å². The van der Waals surface area contributed by atoms with Crippen molar-refractivity contribution in [2.45, 2.75) is 25.0 Å². The molecule has 82 valence electrons. The highest BCUT2D eigenvalue weighted by Gasteiger charge is 2.29. The molecule has 1 aromatic rings. The summed E-state index contributed by atoms with van der Waals surface area (Å²) >= 11 is 8.83. The molecule has 1 aliphatic carbocycles. The number of aliphatic hydroxyl groups excluding tert-OH is 1. The van der Waals surface area contributed by atoms with Crippen molar-refractivity contribution in [3.63, 3.8) is 0 Å². The van der Waals surface area contributed by atoms with Gasteiger partial charge in [-0.1, -0.05) is 11.6 Å². The molecule has 1 aromatic carbocycles. The van der Waals surface area contributed by atoms with Gasteiger partial charge in [-0.25, -0.2) is 4.39 Å². The second-order valence-corrected chi connectivity index (χ2v) is 4.82. The average molecular weight is 296 g/mol. The molecule has 0 amide bonds. The van der Waals surface area contributed by atoms with Crippen molar-refractivity contribution in [2.75, 3.05) is 0 Å². The van der Waals surface area contributed by atoms with Crippen molar-refractivity contribution < 1.29 is 14.2 Å². The normalized spacial score (nSPS) is 24.8. The number of ether oxygens (including phenoxy) is 1. The maximum Gasteiger partial charge on any atom is 0.145 e. The molecule has 0 spiro atoms. The molecule has 1 aliphatic rings. The van der Waals surface area contributed by atoms with Crippen LogP contribution in [0.3, 0.4) is 0 Å². The zero-order valence-corrected chi connectivity index (χ0v) is 10.1. The molecular weight excluding hydrogens is 286 g/mol. The van der Waals surface area contributed by atoms with E-state index in [1.165, 1.54) is 12.1 Å². The van der Waals surface area contributed by atoms with Gasteiger partial charge < -0.3 is 9.84 Å². The topological polar surface area (TPSA) is 29.5 Å². The van der Waals surface area contributed by atoms with E-state index in [2.05, 4.69) is 15.9 Å². The van der Waals surface area contributed by atoms with Crippen LogP contribution in [0.1, 0.15) is 12.8 Å². The molecule has 0 unspecified atom stereocenters. The van der Waals surface area contributed by atoms with Crippen LogP contribution in [0.2, 0.25) is 5.02 Å². The summed E-state index contributed by atoms with van der Waals surface area (Å²) in [7, 11) is 0. The lowest BCUT2D eigenvalue weighted by Crippen LogP contribution is -2.37. The molecule has 2 nitrogen and oxygen atoms in total. The highest BCUT2D eigenvalue weighted by atomic mass is 79.9. The van der Waals surface area contributed by atoms with E-state index in [1.54, 1.807) is 0 Å². The van der Waals surface area contributed by atoms with Crippen LogP contribution in [0.25, 0.3) is 0 Å². The smallest absolute Gasteiger partial charge is 0.145 e. The van der Waals surface area contributed by atoms with Crippen molar-refractivity contribution in [3.05, 3.63) is 27.4 Å². The van der Waals surface area contributed by atoms with Gasteiger partial charge in [-0.15, -0.1) is 0 Å². The Morgan fingerprint density at radius 1 is 1.47 bits per heavy atom. The van der Waals surface area contributed by atoms with Gasteiger partial charge in [0.05, 0.1) is 15.6 Å². The van der Waals surface area contributed by atoms with Crippen LogP contribution in [0.15, 0.2) is 16.6 Å². The van der Waals surface area contributed by atoms with E-state index in [9.17, 15) is 4.39 Å². The van der Waals surface area contributed by atoms with Crippen LogP contribution >= 0.6 is 27.5 Å². The number of benzene rings is 1. The van der Waals surface area contributed by atoms with Crippen LogP contribution in [-0.4, -0.2) is 17.3 Å². The van der Waals surface area contributed by atoms with Crippen LogP contribution in [0.4, 0.5) is 4.39 Å². The first-order valence-corrected chi connectivity index (χ1v) is 5.72. The summed E-state index contributed by atoms with van der Waals surface area (Å²) in [6.07, 6.45) is 0.871. The van der Waals surface area contributed by atoms with Crippen molar-refractivity contribution in [2.24, 2.45) is 0 Å². The molecule has 0 atom stereocenters. The Balaban J connectivity index is 2.11. The third-order valence-corrected chi connectivity index (χ3v) is 3.25. The third-order valence-electron chi connectivity index (χ3n) is 2.34. The van der Waals surface area contributed by atoms with Gasteiger partial charge in [-0.3, -0.25) is 0 Å². The zero-order chi connectivity index (χ0) is 11.0. The Hall–Kier alpha value is -0.320. The lowest BCUT2D eigenvalue weighted by molar-refractivity contribution is -0.0112. The van der Waals surface area contributed by atoms with E-state index in [0.717, 1.165) is 0 Å². The van der Waals surface area contributed by atoms with Gasteiger partial charge >= 0.3 is 0 Å². The molecule has 15 heavy (non-hydrogen) atoms. The first-order chi connectivity index (χ1) is 7.06. The highest BCUT2D eigenvalue weighted by molar-refractivity contribution is 9.10. The van der Waals surface area contributed by atoms with E-state index in [0.29, 0.717) is 23.1 Å². The average Bonchev–Trinajstić information content (AvgIpc) is 2.11. The molecule has 5 heteroatoms. The minimum Gasteiger partial charge on any atom is -0.489 e. The summed E-state index contributed by atoms with van der Waals surface area (Å²) in [6.45, 7) is 0. The van der Waals surface area contributed by atoms with E-state index in [4.69, 9.17) is 21.4 Å². The zero-order valence-electron chi connectivity index (χ0n) is 7.71. The van der Waals surface area contributed by atoms with Crippen LogP contribution in [0.5, 0.6) is 5.75 Å². The summed E-state index contributed by atoms with van der Waals surface area (Å²) in [5.74, 6) is -0.0801. The summed E-state index contributed by atoms with van der Waals surface area (Å²) < 4.78 is 19.2. The SMILES string of the molecule is OC1CC(Oc2cc(F)c(Cl)cc2Br)C1. The molecule has 1 saturated carbocycles. The Morgan fingerprint density at radius 3 is 2.73 bits per heavy atom. The second-order valence-electron chi connectivity index (χ2n) is 3.56. The van der Waals surface area contributed by atoms with Gasteiger partial charge in [0, 0.05) is 18.9 Å². The Labute approximate surface area is 100 Å². The molecule has 0 radical (unpaired) electrons. The molecule has 0 heterocycles. The van der Waals surface area contributed by atoms with Gasteiger partial charge in [0.2, 0.25) is 0 Å². The predicted octanol–water partition coefficient (Wildman–Crippen LogP) is 3.14. The maximum atomic E-state index is 13.1. The minimum absolute atomic E-state index is 0.0307. The number of rotatable bonds is 2. The molecule has 1 N–H and O–H groups in total. The number of halogens is 3. The molecule has 2 rings (SSSR count). The van der Waals surface area contributed by atoms with Crippen molar-refractivity contribution in [1.82, 2.24) is 0 Å². The van der Waals surface area contributed by atoms with Crippen LogP contribution in [0, 0.1) is 5.82 Å². The third kappa shape index (κ3) is 2.44. The Kier molecular flexibility index (Phi) is 3.19. The summed E-state index contributed by atoms with van der Waals surface area (Å²) in [4.78, 5) is 0. The maximum absolute atomic E-state index is 13.1. The van der Waals surface area contributed by atoms with E-state index in [-0.39, 0.29) is 17.2 Å². The van der Waals surface area contributed by atoms with Crippen molar-refractivity contribution in [3.8, 4) is 5.75 Å². The lowest BCUT2D eigenvalue weighted by atomic mass is 9.92. The molecule has 0 bridgehead atoms. The predicted molar refractivity (Wildman–Crippen MR) is 58.8 cm³/mol. The van der Waals surface area contributed by atoms with Gasteiger partial charge in [0.15, 0.2) is 0 Å². The fourth-order valence-corrected chi connectivity index (χ4v) is 2.14. The molecule has 0 aliphatic heterocycles. The molecular formula is C10H9BrClFO2. The highest BCUT2D eigenvalue weighted by Crippen LogP contribution is 2.34. The van der Waals surface area contributed by atoms with Crippen molar-refractivity contribution in [1.29, 1.82) is 0 Å². The summed E-state index contributed by atoms with van der Waals surface area (Å²) in [6, 6.07) is 2.71. The van der Waals surface area contributed by atoms with E-state index < -0.39 is 5.82 Å². The fraction of sp³-hybridized carbons (Fsp3) is 0.400. The number of aliphatic hydroxyl groups is 1. The first-order valence-electron chi connectivity index (χ1n) is 4.55. The quantitative estimate of drug-likeness (QED) is 0.849. The van der Waals surface area contributed by atoms with Gasteiger partial charge in [-0.05, 0) is 22.0 Å². The minimum atomic E-state index is -0.505. The van der Waals surface area contributed by atoms with Crippen LogP contribution in [-0.2, 0) is 0 Å². The number of hydrogen-bond donors (Lipinski definition) is 1. The van der Waals surface area contributed by atoms with Crippen LogP contribution < -0.4 is 4.74 Å². The van der Waals surface area contributed by atoms with E-state index >= 15 is 0 Å².